The molecule has 2 atom stereocenters. The van der Waals surface area contributed by atoms with E-state index in [0.717, 1.165) is 25.0 Å². The van der Waals surface area contributed by atoms with Gasteiger partial charge in [-0.15, -0.1) is 0 Å². The Morgan fingerprint density at radius 2 is 2.15 bits per heavy atom. The SMILES string of the molecule is C[C@@H](N)[C@H]1CCCCN1S(=O)(=O)c1cc(F)ccc1Cl. The molecule has 0 saturated carbocycles. The first-order valence-corrected chi connectivity index (χ1v) is 8.38. The maximum atomic E-state index is 13.3. The fourth-order valence-electron chi connectivity index (χ4n) is 2.56. The minimum absolute atomic E-state index is 0.0281. The number of hydrogen-bond acceptors (Lipinski definition) is 3. The van der Waals surface area contributed by atoms with Crippen molar-refractivity contribution in [3.8, 4) is 0 Å². The van der Waals surface area contributed by atoms with Gasteiger partial charge in [-0.05, 0) is 38.0 Å². The van der Waals surface area contributed by atoms with Gasteiger partial charge >= 0.3 is 0 Å². The van der Waals surface area contributed by atoms with Crippen molar-refractivity contribution in [3.63, 3.8) is 0 Å². The van der Waals surface area contributed by atoms with E-state index >= 15 is 0 Å². The number of nitrogens with zero attached hydrogens (tertiary/aromatic N) is 1. The Balaban J connectivity index is 2.45. The highest BCUT2D eigenvalue weighted by molar-refractivity contribution is 7.89. The van der Waals surface area contributed by atoms with Crippen molar-refractivity contribution in [2.45, 2.75) is 43.2 Å². The number of halogens is 2. The monoisotopic (exact) mass is 320 g/mol. The molecule has 1 saturated heterocycles. The van der Waals surface area contributed by atoms with E-state index < -0.39 is 15.8 Å². The largest absolute Gasteiger partial charge is 0.326 e. The van der Waals surface area contributed by atoms with E-state index in [-0.39, 0.29) is 22.0 Å². The van der Waals surface area contributed by atoms with E-state index in [1.807, 2.05) is 0 Å². The summed E-state index contributed by atoms with van der Waals surface area (Å²) in [6.07, 6.45) is 2.42. The lowest BCUT2D eigenvalue weighted by molar-refractivity contribution is 0.227. The Kier molecular flexibility index (Phi) is 4.69. The van der Waals surface area contributed by atoms with Gasteiger partial charge in [0.15, 0.2) is 0 Å². The molecule has 0 spiro atoms. The normalized spacial score (nSPS) is 22.7. The molecular formula is C13H18ClFN2O2S. The van der Waals surface area contributed by atoms with E-state index in [4.69, 9.17) is 17.3 Å². The topological polar surface area (TPSA) is 63.4 Å². The van der Waals surface area contributed by atoms with Crippen LogP contribution in [0.25, 0.3) is 0 Å². The molecular weight excluding hydrogens is 303 g/mol. The van der Waals surface area contributed by atoms with Crippen LogP contribution in [0.15, 0.2) is 23.1 Å². The quantitative estimate of drug-likeness (QED) is 0.930. The highest BCUT2D eigenvalue weighted by Crippen LogP contribution is 2.30. The predicted molar refractivity (Wildman–Crippen MR) is 76.6 cm³/mol. The molecule has 2 N–H and O–H groups in total. The first kappa shape index (κ1) is 15.7. The van der Waals surface area contributed by atoms with Gasteiger partial charge in [0.25, 0.3) is 0 Å². The second kappa shape index (κ2) is 5.97. The Morgan fingerprint density at radius 3 is 2.80 bits per heavy atom. The third-order valence-electron chi connectivity index (χ3n) is 3.59. The van der Waals surface area contributed by atoms with Crippen LogP contribution in [0.5, 0.6) is 0 Å². The van der Waals surface area contributed by atoms with Crippen molar-refractivity contribution in [1.82, 2.24) is 4.31 Å². The van der Waals surface area contributed by atoms with Crippen LogP contribution in [-0.2, 0) is 10.0 Å². The Bertz CT molecular complexity index is 592. The minimum atomic E-state index is -3.83. The van der Waals surface area contributed by atoms with Gasteiger partial charge in [0, 0.05) is 18.6 Å². The summed E-state index contributed by atoms with van der Waals surface area (Å²) in [7, 11) is -3.83. The van der Waals surface area contributed by atoms with Crippen LogP contribution in [0.2, 0.25) is 5.02 Å². The van der Waals surface area contributed by atoms with Crippen LogP contribution >= 0.6 is 11.6 Å². The molecule has 4 nitrogen and oxygen atoms in total. The number of benzene rings is 1. The fraction of sp³-hybridized carbons (Fsp3) is 0.538. The summed E-state index contributed by atoms with van der Waals surface area (Å²) in [5, 5.41) is 0.0281. The first-order valence-electron chi connectivity index (χ1n) is 6.56. The van der Waals surface area contributed by atoms with E-state index in [0.29, 0.717) is 13.0 Å². The average molecular weight is 321 g/mol. The van der Waals surface area contributed by atoms with Gasteiger partial charge in [-0.1, -0.05) is 18.0 Å². The smallest absolute Gasteiger partial charge is 0.244 e. The summed E-state index contributed by atoms with van der Waals surface area (Å²) in [5.74, 6) is -0.623. The lowest BCUT2D eigenvalue weighted by Gasteiger charge is -2.37. The molecule has 1 heterocycles. The molecule has 112 valence electrons. The van der Waals surface area contributed by atoms with Gasteiger partial charge in [0.05, 0.1) is 5.02 Å². The van der Waals surface area contributed by atoms with E-state index in [2.05, 4.69) is 0 Å². The highest BCUT2D eigenvalue weighted by atomic mass is 35.5. The summed E-state index contributed by atoms with van der Waals surface area (Å²) in [4.78, 5) is -0.188. The molecule has 1 aliphatic heterocycles. The summed E-state index contributed by atoms with van der Waals surface area (Å²) >= 11 is 5.92. The standard InChI is InChI=1S/C13H18ClFN2O2S/c1-9(16)12-4-2-3-7-17(12)20(18,19)13-8-10(15)5-6-11(13)14/h5-6,8-9,12H,2-4,7,16H2,1H3/t9-,12-/m1/s1. The molecule has 1 aromatic rings. The van der Waals surface area contributed by atoms with Crippen LogP contribution in [0, 0.1) is 5.82 Å². The third kappa shape index (κ3) is 2.98. The molecule has 20 heavy (non-hydrogen) atoms. The third-order valence-corrected chi connectivity index (χ3v) is 5.99. The highest BCUT2D eigenvalue weighted by Gasteiger charge is 2.36. The van der Waals surface area contributed by atoms with Crippen molar-refractivity contribution in [1.29, 1.82) is 0 Å². The molecule has 7 heteroatoms. The van der Waals surface area contributed by atoms with Gasteiger partial charge < -0.3 is 5.73 Å². The average Bonchev–Trinajstić information content (AvgIpc) is 2.41. The lowest BCUT2D eigenvalue weighted by atomic mass is 10.00. The zero-order valence-corrected chi connectivity index (χ0v) is 12.8. The van der Waals surface area contributed by atoms with Gasteiger partial charge in [-0.3, -0.25) is 0 Å². The van der Waals surface area contributed by atoms with Crippen molar-refractivity contribution >= 4 is 21.6 Å². The van der Waals surface area contributed by atoms with Crippen LogP contribution in [0.4, 0.5) is 4.39 Å². The summed E-state index contributed by atoms with van der Waals surface area (Å²) in [6.45, 7) is 2.17. The maximum absolute atomic E-state index is 13.3. The molecule has 0 unspecified atom stereocenters. The minimum Gasteiger partial charge on any atom is -0.326 e. The molecule has 1 aliphatic rings. The summed E-state index contributed by atoms with van der Waals surface area (Å²) < 4.78 is 40.1. The zero-order chi connectivity index (χ0) is 14.9. The number of piperidine rings is 1. The molecule has 0 amide bonds. The Labute approximate surface area is 123 Å². The van der Waals surface area contributed by atoms with Gasteiger partial charge in [0.1, 0.15) is 10.7 Å². The molecule has 1 aromatic carbocycles. The van der Waals surface area contributed by atoms with Gasteiger partial charge in [-0.25, -0.2) is 12.8 Å². The number of hydrogen-bond donors (Lipinski definition) is 1. The first-order chi connectivity index (χ1) is 9.34. The molecule has 2 rings (SSSR count). The van der Waals surface area contributed by atoms with Crippen molar-refractivity contribution < 1.29 is 12.8 Å². The van der Waals surface area contributed by atoms with Crippen molar-refractivity contribution in [3.05, 3.63) is 29.0 Å². The second-order valence-electron chi connectivity index (χ2n) is 5.11. The molecule has 1 fully saturated rings. The Hall–Kier alpha value is -0.690. The van der Waals surface area contributed by atoms with Crippen LogP contribution in [0.1, 0.15) is 26.2 Å². The van der Waals surface area contributed by atoms with Crippen molar-refractivity contribution in [2.75, 3.05) is 6.54 Å². The predicted octanol–water partition coefficient (Wildman–Crippen LogP) is 2.37. The zero-order valence-electron chi connectivity index (χ0n) is 11.2. The molecule has 0 aromatic heterocycles. The molecule has 0 radical (unpaired) electrons. The number of nitrogens with two attached hydrogens (primary N) is 1. The van der Waals surface area contributed by atoms with E-state index in [1.165, 1.54) is 10.4 Å². The lowest BCUT2D eigenvalue weighted by Crippen LogP contribution is -2.51. The summed E-state index contributed by atoms with van der Waals surface area (Å²) in [5.41, 5.74) is 5.89. The Morgan fingerprint density at radius 1 is 1.45 bits per heavy atom. The van der Waals surface area contributed by atoms with Gasteiger partial charge in [-0.2, -0.15) is 4.31 Å². The van der Waals surface area contributed by atoms with Gasteiger partial charge in [0.2, 0.25) is 10.0 Å². The fourth-order valence-corrected chi connectivity index (χ4v) is 4.82. The van der Waals surface area contributed by atoms with E-state index in [9.17, 15) is 12.8 Å². The number of sulfonamides is 1. The molecule has 0 bridgehead atoms. The summed E-state index contributed by atoms with van der Waals surface area (Å²) in [6, 6.07) is 2.81. The number of rotatable bonds is 3. The van der Waals surface area contributed by atoms with Crippen LogP contribution in [-0.4, -0.2) is 31.4 Å². The maximum Gasteiger partial charge on any atom is 0.244 e. The second-order valence-corrected chi connectivity index (χ2v) is 7.38. The van der Waals surface area contributed by atoms with Crippen LogP contribution in [0.3, 0.4) is 0 Å². The van der Waals surface area contributed by atoms with Crippen molar-refractivity contribution in [2.24, 2.45) is 5.73 Å². The van der Waals surface area contributed by atoms with E-state index in [1.54, 1.807) is 6.92 Å². The molecule has 0 aliphatic carbocycles. The van der Waals surface area contributed by atoms with Crippen LogP contribution < -0.4 is 5.73 Å².